The lowest BCUT2D eigenvalue weighted by molar-refractivity contribution is -0.396. The summed E-state index contributed by atoms with van der Waals surface area (Å²) in [5.41, 5.74) is 0. The Bertz CT molecular complexity index is 475. The van der Waals surface area contributed by atoms with Crippen LogP contribution in [0.5, 0.6) is 0 Å². The first-order chi connectivity index (χ1) is 8.02. The number of nitrogens with zero attached hydrogens (tertiary/aromatic N) is 8. The van der Waals surface area contributed by atoms with Gasteiger partial charge in [0.25, 0.3) is 0 Å². The van der Waals surface area contributed by atoms with Crippen molar-refractivity contribution in [2.75, 3.05) is 0 Å². The predicted molar refractivity (Wildman–Crippen MR) is 48.9 cm³/mol. The molecular weight excluding hydrogens is 236 g/mol. The van der Waals surface area contributed by atoms with Gasteiger partial charge in [0.15, 0.2) is 0 Å². The van der Waals surface area contributed by atoms with Crippen molar-refractivity contribution in [2.24, 2.45) is 7.05 Å². The maximum absolute atomic E-state index is 10.1. The molecule has 17 heavy (non-hydrogen) atoms. The van der Waals surface area contributed by atoms with Crippen molar-refractivity contribution in [3.8, 4) is 0 Å². The first kappa shape index (κ1) is 12.2. The van der Waals surface area contributed by atoms with Crippen LogP contribution in [0.15, 0.2) is 12.7 Å². The third-order valence-electron chi connectivity index (χ3n) is 1.33. The van der Waals surface area contributed by atoms with Gasteiger partial charge >= 0.3 is 12.0 Å². The minimum atomic E-state index is -1.60. The lowest BCUT2D eigenvalue weighted by Crippen LogP contribution is -2.12. The molecule has 0 atom stereocenters. The van der Waals surface area contributed by atoms with Crippen LogP contribution < -0.4 is 0 Å². The van der Waals surface area contributed by atoms with E-state index in [-0.39, 0.29) is 4.68 Å². The highest BCUT2D eigenvalue weighted by Crippen LogP contribution is 2.00. The van der Waals surface area contributed by atoms with Crippen LogP contribution in [0.4, 0.5) is 10.7 Å². The number of rotatable bonds is 1. The monoisotopic (exact) mass is 242 g/mol. The van der Waals surface area contributed by atoms with Crippen LogP contribution in [0, 0.1) is 10.1 Å². The molecule has 90 valence electrons. The van der Waals surface area contributed by atoms with E-state index >= 15 is 0 Å². The van der Waals surface area contributed by atoms with E-state index in [4.69, 9.17) is 5.11 Å². The van der Waals surface area contributed by atoms with E-state index in [1.807, 2.05) is 7.05 Å². The molecule has 2 aromatic heterocycles. The molecule has 0 aliphatic heterocycles. The van der Waals surface area contributed by atoms with E-state index in [0.717, 1.165) is 0 Å². The van der Waals surface area contributed by atoms with Gasteiger partial charge in [0.05, 0.1) is 10.3 Å². The van der Waals surface area contributed by atoms with Crippen molar-refractivity contribution < 1.29 is 14.8 Å². The molecule has 2 rings (SSSR count). The Balaban J connectivity index is 0.000000202. The maximum Gasteiger partial charge on any atom is 0.502 e. The van der Waals surface area contributed by atoms with E-state index in [1.165, 1.54) is 6.33 Å². The zero-order valence-corrected chi connectivity index (χ0v) is 8.40. The quantitative estimate of drug-likeness (QED) is 0.373. The molecule has 0 saturated heterocycles. The number of hydrogen-bond acceptors (Lipinski definition) is 8. The molecule has 0 aliphatic carbocycles. The van der Waals surface area contributed by atoms with Crippen molar-refractivity contribution in [3.63, 3.8) is 0 Å². The van der Waals surface area contributed by atoms with Gasteiger partial charge in [-0.3, -0.25) is 4.68 Å². The van der Waals surface area contributed by atoms with Crippen molar-refractivity contribution in [2.45, 2.75) is 0 Å². The molecule has 12 nitrogen and oxygen atoms in total. The number of aryl methyl sites for hydroxylation is 1. The summed E-state index contributed by atoms with van der Waals surface area (Å²) in [6, 6.07) is 0. The fraction of sp³-hybridized carbons (Fsp3) is 0.200. The molecule has 2 heterocycles. The third-order valence-corrected chi connectivity index (χ3v) is 1.33. The van der Waals surface area contributed by atoms with Gasteiger partial charge < -0.3 is 15.2 Å². The fourth-order valence-corrected chi connectivity index (χ4v) is 0.687. The third kappa shape index (κ3) is 3.29. The van der Waals surface area contributed by atoms with Crippen LogP contribution in [0.1, 0.15) is 0 Å². The first-order valence-corrected chi connectivity index (χ1v) is 3.97. The number of hydrogen-bond donors (Lipinski definition) is 1. The Morgan fingerprint density at radius 3 is 2.59 bits per heavy atom. The number of tetrazole rings is 1. The van der Waals surface area contributed by atoms with Crippen LogP contribution in [-0.4, -0.2) is 51.1 Å². The average Bonchev–Trinajstić information content (AvgIpc) is 2.87. The summed E-state index contributed by atoms with van der Waals surface area (Å²) in [4.78, 5) is 22.8. The van der Waals surface area contributed by atoms with Crippen molar-refractivity contribution in [3.05, 3.63) is 22.8 Å². The Kier molecular flexibility index (Phi) is 3.75. The van der Waals surface area contributed by atoms with E-state index < -0.39 is 17.0 Å². The number of nitro groups is 1. The standard InChI is InChI=1S/C3H5N3.C2HN5O4/c1-6-3-4-2-5-6;8-2(9)6-1(7(10)11)3-4-5-6/h2-3H,1H3;(H,8,9). The fourth-order valence-electron chi connectivity index (χ4n) is 0.687. The van der Waals surface area contributed by atoms with Crippen molar-refractivity contribution in [1.29, 1.82) is 0 Å². The largest absolute Gasteiger partial charge is 0.502 e. The number of carboxylic acid groups (broad SMARTS) is 1. The highest BCUT2D eigenvalue weighted by Gasteiger charge is 2.23. The SMILES string of the molecule is Cn1cncn1.O=C(O)n1nnnc1[N+](=O)[O-]. The molecule has 0 saturated carbocycles. The second kappa shape index (κ2) is 5.24. The molecule has 0 amide bonds. The summed E-state index contributed by atoms with van der Waals surface area (Å²) in [5, 5.41) is 30.4. The predicted octanol–water partition coefficient (Wildman–Crippen LogP) is -1.08. The summed E-state index contributed by atoms with van der Waals surface area (Å²) in [6.07, 6.45) is 1.54. The molecule has 0 aromatic carbocycles. The summed E-state index contributed by atoms with van der Waals surface area (Å²) in [5.74, 6) is -0.919. The Hall–Kier alpha value is -2.92. The highest BCUT2D eigenvalue weighted by molar-refractivity contribution is 5.68. The van der Waals surface area contributed by atoms with Crippen molar-refractivity contribution >= 4 is 12.0 Å². The minimum Gasteiger partial charge on any atom is -0.451 e. The van der Waals surface area contributed by atoms with E-state index in [1.54, 1.807) is 11.0 Å². The summed E-state index contributed by atoms with van der Waals surface area (Å²) < 4.78 is 1.71. The lowest BCUT2D eigenvalue weighted by atomic mass is 11.0. The van der Waals surface area contributed by atoms with Crippen LogP contribution in [0.3, 0.4) is 0 Å². The highest BCUT2D eigenvalue weighted by atomic mass is 16.6. The normalized spacial score (nSPS) is 9.24. The van der Waals surface area contributed by atoms with Gasteiger partial charge in [-0.1, -0.05) is 0 Å². The van der Waals surface area contributed by atoms with Crippen molar-refractivity contribution in [1.82, 2.24) is 35.0 Å². The van der Waals surface area contributed by atoms with Gasteiger partial charge in [-0.05, 0) is 9.61 Å². The molecule has 0 bridgehead atoms. The smallest absolute Gasteiger partial charge is 0.451 e. The Morgan fingerprint density at radius 2 is 2.29 bits per heavy atom. The lowest BCUT2D eigenvalue weighted by Gasteiger charge is -1.88. The molecule has 0 spiro atoms. The summed E-state index contributed by atoms with van der Waals surface area (Å²) >= 11 is 0. The molecule has 0 aliphatic rings. The molecule has 0 radical (unpaired) electrons. The second-order valence-electron chi connectivity index (χ2n) is 2.50. The molecule has 0 unspecified atom stereocenters. The van der Waals surface area contributed by atoms with Gasteiger partial charge in [0.1, 0.15) is 12.7 Å². The Labute approximate surface area is 92.6 Å². The van der Waals surface area contributed by atoms with Gasteiger partial charge in [-0.25, -0.2) is 9.78 Å². The van der Waals surface area contributed by atoms with Crippen LogP contribution in [0.2, 0.25) is 0 Å². The van der Waals surface area contributed by atoms with Gasteiger partial charge in [0, 0.05) is 12.3 Å². The summed E-state index contributed by atoms with van der Waals surface area (Å²) in [7, 11) is 1.83. The zero-order chi connectivity index (χ0) is 12.8. The number of aromatic nitrogens is 7. The van der Waals surface area contributed by atoms with E-state index in [2.05, 4.69) is 25.6 Å². The van der Waals surface area contributed by atoms with E-state index in [0.29, 0.717) is 0 Å². The van der Waals surface area contributed by atoms with Gasteiger partial charge in [-0.2, -0.15) is 5.10 Å². The van der Waals surface area contributed by atoms with E-state index in [9.17, 15) is 14.9 Å². The van der Waals surface area contributed by atoms with Crippen LogP contribution in [-0.2, 0) is 7.05 Å². The molecule has 1 N–H and O–H groups in total. The molecule has 12 heteroatoms. The minimum absolute atomic E-state index is 0.0694. The first-order valence-electron chi connectivity index (χ1n) is 3.97. The second-order valence-corrected chi connectivity index (χ2v) is 2.50. The van der Waals surface area contributed by atoms with Gasteiger partial charge in [0.2, 0.25) is 0 Å². The van der Waals surface area contributed by atoms with Gasteiger partial charge in [-0.15, -0.1) is 0 Å². The molecular formula is C5H6N8O4. The topological polar surface area (TPSA) is 155 Å². The van der Waals surface area contributed by atoms with Crippen LogP contribution in [0.25, 0.3) is 0 Å². The summed E-state index contributed by atoms with van der Waals surface area (Å²) in [6.45, 7) is 0. The maximum atomic E-state index is 10.1. The number of carbonyl (C=O) groups is 1. The average molecular weight is 242 g/mol. The zero-order valence-electron chi connectivity index (χ0n) is 8.40. The Morgan fingerprint density at radius 1 is 1.59 bits per heavy atom. The molecule has 0 fully saturated rings. The molecule has 2 aromatic rings. The van der Waals surface area contributed by atoms with Crippen LogP contribution >= 0.6 is 0 Å².